The summed E-state index contributed by atoms with van der Waals surface area (Å²) in [5.74, 6) is 0.0648. The lowest BCUT2D eigenvalue weighted by Crippen LogP contribution is -2.07. The van der Waals surface area contributed by atoms with E-state index >= 15 is 0 Å². The first-order valence-electron chi connectivity index (χ1n) is 5.75. The fourth-order valence-corrected chi connectivity index (χ4v) is 2.10. The standard InChI is InChI=1S/C12H7BrClFN6/c13-8-3-2-7(15)6-9(8)17-11-18-10(14)19-12(20-11)21-5-1-4-16-21/h1-6H,(H,17,18,19,20). The maximum Gasteiger partial charge on any atom is 0.256 e. The van der Waals surface area contributed by atoms with E-state index in [-0.39, 0.29) is 23.0 Å². The summed E-state index contributed by atoms with van der Waals surface area (Å²) >= 11 is 9.19. The van der Waals surface area contributed by atoms with Crippen molar-refractivity contribution in [3.63, 3.8) is 0 Å². The minimum atomic E-state index is -0.381. The highest BCUT2D eigenvalue weighted by molar-refractivity contribution is 9.10. The number of halogens is 3. The Balaban J connectivity index is 1.97. The van der Waals surface area contributed by atoms with Gasteiger partial charge in [0.05, 0.1) is 5.69 Å². The zero-order chi connectivity index (χ0) is 14.8. The molecule has 1 aromatic carbocycles. The van der Waals surface area contributed by atoms with Crippen LogP contribution in [0.5, 0.6) is 0 Å². The van der Waals surface area contributed by atoms with Crippen LogP contribution in [0.1, 0.15) is 0 Å². The first-order chi connectivity index (χ1) is 10.1. The molecule has 0 aliphatic rings. The largest absolute Gasteiger partial charge is 0.323 e. The molecule has 0 aliphatic heterocycles. The first-order valence-corrected chi connectivity index (χ1v) is 6.92. The smallest absolute Gasteiger partial charge is 0.256 e. The summed E-state index contributed by atoms with van der Waals surface area (Å²) in [6.07, 6.45) is 3.27. The molecular formula is C12H7BrClFN6. The highest BCUT2D eigenvalue weighted by Gasteiger charge is 2.09. The Morgan fingerprint density at radius 1 is 1.24 bits per heavy atom. The predicted molar refractivity (Wildman–Crippen MR) is 79.3 cm³/mol. The SMILES string of the molecule is Fc1ccc(Br)c(Nc2nc(Cl)nc(-n3cccn3)n2)c1. The van der Waals surface area contributed by atoms with E-state index < -0.39 is 0 Å². The second-order valence-corrected chi connectivity index (χ2v) is 5.12. The van der Waals surface area contributed by atoms with Gasteiger partial charge in [-0.1, -0.05) is 0 Å². The number of rotatable bonds is 3. The Hall–Kier alpha value is -2.06. The van der Waals surface area contributed by atoms with Gasteiger partial charge in [0.15, 0.2) is 0 Å². The summed E-state index contributed by atoms with van der Waals surface area (Å²) in [7, 11) is 0. The van der Waals surface area contributed by atoms with Gasteiger partial charge >= 0.3 is 0 Å². The van der Waals surface area contributed by atoms with Crippen molar-refractivity contribution in [2.75, 3.05) is 5.32 Å². The van der Waals surface area contributed by atoms with E-state index in [2.05, 4.69) is 41.3 Å². The molecule has 3 rings (SSSR count). The minimum absolute atomic E-state index is 0.00512. The number of anilines is 2. The summed E-state index contributed by atoms with van der Waals surface area (Å²) < 4.78 is 15.4. The number of benzene rings is 1. The van der Waals surface area contributed by atoms with Crippen LogP contribution in [0, 0.1) is 5.82 Å². The van der Waals surface area contributed by atoms with E-state index in [4.69, 9.17) is 11.6 Å². The fraction of sp³-hybridized carbons (Fsp3) is 0. The van der Waals surface area contributed by atoms with Gasteiger partial charge in [0.25, 0.3) is 5.95 Å². The lowest BCUT2D eigenvalue weighted by Gasteiger charge is -2.08. The van der Waals surface area contributed by atoms with Crippen molar-refractivity contribution in [2.45, 2.75) is 0 Å². The molecule has 0 aliphatic carbocycles. The molecule has 0 radical (unpaired) electrons. The van der Waals surface area contributed by atoms with E-state index in [1.807, 2.05) is 0 Å². The molecule has 0 bridgehead atoms. The van der Waals surface area contributed by atoms with Crippen molar-refractivity contribution in [3.8, 4) is 5.95 Å². The molecule has 0 atom stereocenters. The van der Waals surface area contributed by atoms with Gasteiger partial charge in [0, 0.05) is 16.9 Å². The van der Waals surface area contributed by atoms with Crippen molar-refractivity contribution >= 4 is 39.2 Å². The van der Waals surface area contributed by atoms with Crippen molar-refractivity contribution in [2.24, 2.45) is 0 Å². The zero-order valence-corrected chi connectivity index (χ0v) is 12.7. The number of nitrogens with zero attached hydrogens (tertiary/aromatic N) is 5. The highest BCUT2D eigenvalue weighted by Crippen LogP contribution is 2.25. The normalized spacial score (nSPS) is 10.6. The van der Waals surface area contributed by atoms with Crippen LogP contribution in [0.15, 0.2) is 41.1 Å². The van der Waals surface area contributed by atoms with E-state index in [1.165, 1.54) is 16.8 Å². The van der Waals surface area contributed by atoms with E-state index in [9.17, 15) is 4.39 Å². The highest BCUT2D eigenvalue weighted by atomic mass is 79.9. The molecular weight excluding hydrogens is 363 g/mol. The third kappa shape index (κ3) is 3.17. The van der Waals surface area contributed by atoms with Gasteiger partial charge in [-0.05, 0) is 51.8 Å². The summed E-state index contributed by atoms with van der Waals surface area (Å²) in [6.45, 7) is 0. The van der Waals surface area contributed by atoms with Crippen LogP contribution in [0.4, 0.5) is 16.0 Å². The topological polar surface area (TPSA) is 68.5 Å². The van der Waals surface area contributed by atoms with E-state index in [0.29, 0.717) is 10.2 Å². The van der Waals surface area contributed by atoms with Gasteiger partial charge in [0.1, 0.15) is 5.82 Å². The first kappa shape index (κ1) is 13.9. The van der Waals surface area contributed by atoms with Crippen LogP contribution in [0.2, 0.25) is 5.28 Å². The maximum absolute atomic E-state index is 13.3. The summed E-state index contributed by atoms with van der Waals surface area (Å²) in [5, 5.41) is 6.90. The van der Waals surface area contributed by atoms with Gasteiger partial charge in [-0.3, -0.25) is 0 Å². The van der Waals surface area contributed by atoms with Gasteiger partial charge in [-0.15, -0.1) is 0 Å². The van der Waals surface area contributed by atoms with Gasteiger partial charge < -0.3 is 5.32 Å². The molecule has 6 nitrogen and oxygen atoms in total. The second-order valence-electron chi connectivity index (χ2n) is 3.93. The Labute approximate surface area is 132 Å². The van der Waals surface area contributed by atoms with Crippen molar-refractivity contribution in [1.29, 1.82) is 0 Å². The molecule has 21 heavy (non-hydrogen) atoms. The predicted octanol–water partition coefficient (Wildman–Crippen LogP) is 3.36. The van der Waals surface area contributed by atoms with Crippen LogP contribution < -0.4 is 5.32 Å². The van der Waals surface area contributed by atoms with Crippen molar-refractivity contribution < 1.29 is 4.39 Å². The third-order valence-corrected chi connectivity index (χ3v) is 3.34. The average molecular weight is 370 g/mol. The Bertz CT molecular complexity index is 779. The lowest BCUT2D eigenvalue weighted by molar-refractivity contribution is 0.628. The zero-order valence-electron chi connectivity index (χ0n) is 10.3. The molecule has 0 saturated carbocycles. The lowest BCUT2D eigenvalue weighted by atomic mass is 10.3. The minimum Gasteiger partial charge on any atom is -0.323 e. The molecule has 2 aromatic heterocycles. The Morgan fingerprint density at radius 3 is 2.86 bits per heavy atom. The van der Waals surface area contributed by atoms with Crippen LogP contribution in [-0.2, 0) is 0 Å². The maximum atomic E-state index is 13.3. The van der Waals surface area contributed by atoms with Crippen LogP contribution in [-0.4, -0.2) is 24.7 Å². The number of hydrogen-bond acceptors (Lipinski definition) is 5. The Morgan fingerprint density at radius 2 is 2.10 bits per heavy atom. The summed E-state index contributed by atoms with van der Waals surface area (Å²) in [5.41, 5.74) is 0.476. The average Bonchev–Trinajstić information content (AvgIpc) is 2.96. The summed E-state index contributed by atoms with van der Waals surface area (Å²) in [6, 6.07) is 5.96. The number of aromatic nitrogens is 5. The van der Waals surface area contributed by atoms with Crippen molar-refractivity contribution in [3.05, 3.63) is 52.2 Å². The molecule has 1 N–H and O–H groups in total. The molecule has 0 fully saturated rings. The molecule has 9 heteroatoms. The van der Waals surface area contributed by atoms with E-state index in [1.54, 1.807) is 24.5 Å². The van der Waals surface area contributed by atoms with Gasteiger partial charge in [-0.2, -0.15) is 20.1 Å². The number of nitrogens with one attached hydrogen (secondary N) is 1. The van der Waals surface area contributed by atoms with Crippen molar-refractivity contribution in [1.82, 2.24) is 24.7 Å². The molecule has 0 spiro atoms. The molecule has 0 saturated heterocycles. The molecule has 2 heterocycles. The molecule has 3 aromatic rings. The molecule has 0 unspecified atom stereocenters. The monoisotopic (exact) mass is 368 g/mol. The van der Waals surface area contributed by atoms with Crippen LogP contribution in [0.3, 0.4) is 0 Å². The quantitative estimate of drug-likeness (QED) is 0.767. The van der Waals surface area contributed by atoms with Crippen LogP contribution >= 0.6 is 27.5 Å². The second kappa shape index (κ2) is 5.74. The number of hydrogen-bond donors (Lipinski definition) is 1. The van der Waals surface area contributed by atoms with Gasteiger partial charge in [0.2, 0.25) is 11.2 Å². The molecule has 106 valence electrons. The van der Waals surface area contributed by atoms with E-state index in [0.717, 1.165) is 0 Å². The summed E-state index contributed by atoms with van der Waals surface area (Å²) in [4.78, 5) is 12.1. The Kier molecular flexibility index (Phi) is 3.80. The van der Waals surface area contributed by atoms with Crippen LogP contribution in [0.25, 0.3) is 5.95 Å². The third-order valence-electron chi connectivity index (χ3n) is 2.48. The van der Waals surface area contributed by atoms with Gasteiger partial charge in [-0.25, -0.2) is 9.07 Å². The molecule has 0 amide bonds. The fourth-order valence-electron chi connectivity index (χ4n) is 1.60.